The Bertz CT molecular complexity index is 1660. The normalized spacial score (nSPS) is 20.4. The molecule has 2 saturated heterocycles. The Hall–Kier alpha value is -3.77. The third-order valence-corrected chi connectivity index (χ3v) is 9.66. The van der Waals surface area contributed by atoms with E-state index in [1.807, 2.05) is 23.1 Å². The Kier molecular flexibility index (Phi) is 5.06. The molecule has 3 aromatic rings. The van der Waals surface area contributed by atoms with Crippen LogP contribution in [0.2, 0.25) is 0 Å². The first kappa shape index (κ1) is 24.3. The summed E-state index contributed by atoms with van der Waals surface area (Å²) in [5, 5.41) is 4.19. The van der Waals surface area contributed by atoms with Gasteiger partial charge in [-0.15, -0.1) is 0 Å². The van der Waals surface area contributed by atoms with Crippen molar-refractivity contribution < 1.29 is 22.8 Å². The summed E-state index contributed by atoms with van der Waals surface area (Å²) in [5.74, 6) is 0.549. The van der Waals surface area contributed by atoms with Crippen molar-refractivity contribution in [3.63, 3.8) is 0 Å². The van der Waals surface area contributed by atoms with Crippen LogP contribution in [0.1, 0.15) is 24.8 Å². The first-order chi connectivity index (χ1) is 18.7. The van der Waals surface area contributed by atoms with Gasteiger partial charge in [0.15, 0.2) is 5.82 Å². The lowest BCUT2D eigenvalue weighted by Gasteiger charge is -2.56. The number of aromatic nitrogens is 2. The van der Waals surface area contributed by atoms with E-state index >= 15 is 0 Å². The molecule has 39 heavy (non-hydrogen) atoms. The fourth-order valence-corrected chi connectivity index (χ4v) is 7.28. The summed E-state index contributed by atoms with van der Waals surface area (Å²) in [6.45, 7) is 3.38. The van der Waals surface area contributed by atoms with Crippen LogP contribution in [0.4, 0.5) is 17.2 Å². The summed E-state index contributed by atoms with van der Waals surface area (Å²) in [6.07, 6.45) is 7.09. The number of hydrogen-bond acceptors (Lipinski definition) is 9. The zero-order valence-corrected chi connectivity index (χ0v) is 22.5. The Morgan fingerprint density at radius 2 is 1.87 bits per heavy atom. The molecular formula is C27H28N6O5S. The minimum absolute atomic E-state index is 0.0987. The van der Waals surface area contributed by atoms with Crippen molar-refractivity contribution in [2.24, 2.45) is 5.41 Å². The van der Waals surface area contributed by atoms with Gasteiger partial charge < -0.3 is 20.0 Å². The van der Waals surface area contributed by atoms with E-state index in [9.17, 15) is 18.0 Å². The van der Waals surface area contributed by atoms with Gasteiger partial charge in [-0.3, -0.25) is 14.6 Å². The Balaban J connectivity index is 1.36. The lowest BCUT2D eigenvalue weighted by atomic mass is 9.64. The molecule has 0 bridgehead atoms. The van der Waals surface area contributed by atoms with Crippen LogP contribution >= 0.6 is 0 Å². The average molecular weight is 549 g/mol. The Morgan fingerprint density at radius 1 is 1.10 bits per heavy atom. The number of anilines is 3. The number of hydrogen-bond donors (Lipinski definition) is 1. The predicted molar refractivity (Wildman–Crippen MR) is 146 cm³/mol. The number of nitrogens with zero attached hydrogens (tertiary/aromatic N) is 5. The maximum atomic E-state index is 13.2. The lowest BCUT2D eigenvalue weighted by Crippen LogP contribution is -2.71. The maximum Gasteiger partial charge on any atom is 0.322 e. The van der Waals surface area contributed by atoms with Crippen LogP contribution in [0.3, 0.4) is 0 Å². The fourth-order valence-electron chi connectivity index (χ4n) is 6.60. The highest BCUT2D eigenvalue weighted by atomic mass is 32.2. The molecule has 202 valence electrons. The molecule has 12 heteroatoms. The van der Waals surface area contributed by atoms with Crippen LogP contribution in [0.15, 0.2) is 36.7 Å². The van der Waals surface area contributed by atoms with E-state index in [1.54, 1.807) is 30.4 Å². The molecule has 4 aliphatic rings. The molecule has 1 amide bonds. The molecular weight excluding hydrogens is 520 g/mol. The fraction of sp³-hybridized carbons (Fsp3) is 0.407. The molecule has 3 aliphatic heterocycles. The minimum atomic E-state index is -3.96. The van der Waals surface area contributed by atoms with Crippen molar-refractivity contribution in [1.82, 2.24) is 15.3 Å². The zero-order valence-electron chi connectivity index (χ0n) is 21.7. The van der Waals surface area contributed by atoms with Gasteiger partial charge in [0, 0.05) is 61.4 Å². The maximum absolute atomic E-state index is 13.2. The molecule has 0 radical (unpaired) electrons. The highest BCUT2D eigenvalue weighted by Crippen LogP contribution is 2.55. The van der Waals surface area contributed by atoms with E-state index in [2.05, 4.69) is 15.3 Å². The van der Waals surface area contributed by atoms with Gasteiger partial charge in [-0.2, -0.15) is 0 Å². The quantitative estimate of drug-likeness (QED) is 0.364. The molecule has 2 spiro atoms. The molecule has 11 nitrogen and oxygen atoms in total. The number of carbonyl (C=O) groups is 2. The molecule has 0 atom stereocenters. The first-order valence-electron chi connectivity index (χ1n) is 12.9. The molecule has 1 aliphatic carbocycles. The third-order valence-electron chi connectivity index (χ3n) is 8.78. The summed E-state index contributed by atoms with van der Waals surface area (Å²) in [6, 6.07) is 7.50. The second-order valence-electron chi connectivity index (χ2n) is 11.3. The molecule has 3 fully saturated rings. The van der Waals surface area contributed by atoms with Crippen LogP contribution in [0.5, 0.6) is 0 Å². The molecule has 5 heterocycles. The molecule has 1 saturated carbocycles. The van der Waals surface area contributed by atoms with Gasteiger partial charge in [-0.1, -0.05) is 17.0 Å². The van der Waals surface area contributed by atoms with Crippen molar-refractivity contribution >= 4 is 50.5 Å². The average Bonchev–Trinajstić information content (AvgIpc) is 3.07. The van der Waals surface area contributed by atoms with Crippen LogP contribution < -0.4 is 19.6 Å². The highest BCUT2D eigenvalue weighted by molar-refractivity contribution is 7.91. The molecule has 7 rings (SSSR count). The van der Waals surface area contributed by atoms with E-state index in [-0.39, 0.29) is 23.5 Å². The van der Waals surface area contributed by atoms with Crippen molar-refractivity contribution in [2.45, 2.75) is 24.7 Å². The van der Waals surface area contributed by atoms with Gasteiger partial charge in [-0.05, 0) is 36.6 Å². The highest BCUT2D eigenvalue weighted by Gasteiger charge is 2.54. The van der Waals surface area contributed by atoms with Gasteiger partial charge in [0.2, 0.25) is 5.91 Å². The van der Waals surface area contributed by atoms with E-state index in [1.165, 1.54) is 0 Å². The summed E-state index contributed by atoms with van der Waals surface area (Å²) in [7, 11) is -2.16. The smallest absolute Gasteiger partial charge is 0.322 e. The summed E-state index contributed by atoms with van der Waals surface area (Å²) in [4.78, 5) is 42.5. The Morgan fingerprint density at radius 3 is 2.49 bits per heavy atom. The molecule has 1 N–H and O–H groups in total. The monoisotopic (exact) mass is 548 g/mol. The number of carbonyl (C=O) groups excluding carboxylic acids is 2. The van der Waals surface area contributed by atoms with Gasteiger partial charge in [0.1, 0.15) is 5.69 Å². The SMILES string of the molecule is CN1C(=O)C2(CCC2)c2c1cnc1ccc(-c3cnc(N4CC5(CNC5)C4)c(N(OC=O)S(C)(=O)=O)c3)cc21. The van der Waals surface area contributed by atoms with Gasteiger partial charge in [0.05, 0.1) is 29.1 Å². The topological polar surface area (TPSA) is 125 Å². The van der Waals surface area contributed by atoms with Crippen LogP contribution in [-0.4, -0.2) is 70.2 Å². The standard InChI is InChI=1S/C27H28N6O5S/c1-31-22-11-29-20-5-4-17(8-19(20)23(22)27(25(31)35)6-3-7-27)18-9-21(33(38-16-34)39(2,36)37)24(30-10-18)32-14-26(15-32)12-28-13-26/h4-5,8-11,16,28H,3,6-7,12-15H2,1-2H3. The van der Waals surface area contributed by atoms with Crippen molar-refractivity contribution in [2.75, 3.05) is 53.8 Å². The number of rotatable bonds is 6. The third kappa shape index (κ3) is 3.40. The van der Waals surface area contributed by atoms with Crippen molar-refractivity contribution in [3.05, 3.63) is 42.2 Å². The van der Waals surface area contributed by atoms with Crippen LogP contribution in [-0.2, 0) is 29.9 Å². The predicted octanol–water partition coefficient (Wildman–Crippen LogP) is 1.96. The summed E-state index contributed by atoms with van der Waals surface area (Å²) >= 11 is 0. The van der Waals surface area contributed by atoms with Crippen LogP contribution in [0.25, 0.3) is 22.0 Å². The van der Waals surface area contributed by atoms with Crippen molar-refractivity contribution in [3.8, 4) is 11.1 Å². The second kappa shape index (κ2) is 8.12. The van der Waals surface area contributed by atoms with Crippen LogP contribution in [0, 0.1) is 5.41 Å². The number of fused-ring (bicyclic) bond motifs is 4. The number of likely N-dealkylation sites (N-methyl/N-ethyl adjacent to an activating group) is 1. The molecule has 0 unspecified atom stereocenters. The Labute approximate surface area is 225 Å². The van der Waals surface area contributed by atoms with E-state index in [0.29, 0.717) is 15.8 Å². The van der Waals surface area contributed by atoms with Gasteiger partial charge in [0.25, 0.3) is 10.0 Å². The zero-order chi connectivity index (χ0) is 27.2. The number of benzene rings is 1. The van der Waals surface area contributed by atoms with Gasteiger partial charge >= 0.3 is 6.47 Å². The van der Waals surface area contributed by atoms with Gasteiger partial charge in [-0.25, -0.2) is 13.4 Å². The minimum Gasteiger partial charge on any atom is -0.353 e. The van der Waals surface area contributed by atoms with E-state index in [0.717, 1.165) is 79.4 Å². The number of amides is 1. The van der Waals surface area contributed by atoms with E-state index < -0.39 is 15.4 Å². The van der Waals surface area contributed by atoms with Crippen molar-refractivity contribution in [1.29, 1.82) is 0 Å². The number of pyridine rings is 2. The molecule has 2 aromatic heterocycles. The first-order valence-corrected chi connectivity index (χ1v) is 14.8. The lowest BCUT2D eigenvalue weighted by molar-refractivity contribution is -0.128. The second-order valence-corrected chi connectivity index (χ2v) is 13.1. The summed E-state index contributed by atoms with van der Waals surface area (Å²) in [5.41, 5.74) is 3.91. The largest absolute Gasteiger partial charge is 0.353 e. The number of nitrogens with one attached hydrogen (secondary N) is 1. The molecule has 1 aromatic carbocycles. The van der Waals surface area contributed by atoms with E-state index in [4.69, 9.17) is 4.84 Å². The summed E-state index contributed by atoms with van der Waals surface area (Å²) < 4.78 is 26.0. The number of sulfonamides is 1.